The van der Waals surface area contributed by atoms with E-state index in [0.717, 1.165) is 0 Å². The molecule has 0 saturated heterocycles. The van der Waals surface area contributed by atoms with E-state index in [2.05, 4.69) is 5.32 Å². The summed E-state index contributed by atoms with van der Waals surface area (Å²) in [5.41, 5.74) is 3.87. The molecule has 0 aromatic carbocycles. The summed E-state index contributed by atoms with van der Waals surface area (Å²) in [7, 11) is 0. The van der Waals surface area contributed by atoms with E-state index in [1.54, 1.807) is 41.5 Å². The first-order valence-electron chi connectivity index (χ1n) is 8.36. The van der Waals surface area contributed by atoms with Crippen molar-refractivity contribution >= 4 is 17.8 Å². The lowest BCUT2D eigenvalue weighted by atomic mass is 10.1. The van der Waals surface area contributed by atoms with Crippen LogP contribution in [0.15, 0.2) is 0 Å². The van der Waals surface area contributed by atoms with Gasteiger partial charge in [-0.2, -0.15) is 0 Å². The first-order valence-corrected chi connectivity index (χ1v) is 8.36. The van der Waals surface area contributed by atoms with Crippen LogP contribution in [-0.4, -0.2) is 54.8 Å². The Morgan fingerprint density at radius 2 is 1.52 bits per heavy atom. The topological polar surface area (TPSA) is 117 Å². The highest BCUT2D eigenvalue weighted by molar-refractivity contribution is 5.88. The van der Waals surface area contributed by atoms with E-state index in [0.29, 0.717) is 13.2 Å². The van der Waals surface area contributed by atoms with Crippen LogP contribution in [0.25, 0.3) is 0 Å². The van der Waals surface area contributed by atoms with Crippen LogP contribution in [0.1, 0.15) is 54.4 Å². The van der Waals surface area contributed by atoms with Crippen LogP contribution in [0.3, 0.4) is 0 Å². The lowest BCUT2D eigenvalue weighted by Gasteiger charge is -2.25. The summed E-state index contributed by atoms with van der Waals surface area (Å²) in [6.07, 6.45) is -0.255. The van der Waals surface area contributed by atoms with E-state index in [1.165, 1.54) is 0 Å². The molecule has 8 heteroatoms. The highest BCUT2D eigenvalue weighted by atomic mass is 16.6. The van der Waals surface area contributed by atoms with Crippen molar-refractivity contribution < 1.29 is 28.6 Å². The van der Waals surface area contributed by atoms with E-state index in [4.69, 9.17) is 19.9 Å². The molecule has 1 amide bonds. The summed E-state index contributed by atoms with van der Waals surface area (Å²) in [6.45, 7) is 11.2. The molecule has 0 aromatic rings. The molecule has 0 spiro atoms. The van der Waals surface area contributed by atoms with Crippen LogP contribution in [0.5, 0.6) is 0 Å². The average Bonchev–Trinajstić information content (AvgIpc) is 2.39. The minimum absolute atomic E-state index is 0.0492. The molecule has 3 N–H and O–H groups in total. The van der Waals surface area contributed by atoms with Gasteiger partial charge in [-0.15, -0.1) is 0 Å². The molecule has 0 radical (unpaired) electrons. The first-order chi connectivity index (χ1) is 11.3. The molecule has 1 unspecified atom stereocenters. The molecule has 25 heavy (non-hydrogen) atoms. The molecule has 0 saturated carbocycles. The summed E-state index contributed by atoms with van der Waals surface area (Å²) in [5.74, 6) is -1.70. The van der Waals surface area contributed by atoms with Crippen molar-refractivity contribution in [1.29, 1.82) is 0 Å². The monoisotopic (exact) mass is 360 g/mol. The van der Waals surface area contributed by atoms with Crippen molar-refractivity contribution in [2.75, 3.05) is 19.8 Å². The number of rotatable bonds is 9. The second-order valence-corrected chi connectivity index (χ2v) is 7.60. The van der Waals surface area contributed by atoms with E-state index < -0.39 is 35.1 Å². The quantitative estimate of drug-likeness (QED) is 0.463. The van der Waals surface area contributed by atoms with Gasteiger partial charge in [0.25, 0.3) is 0 Å². The standard InChI is InChI=1S/C17H32N2O6/c1-16(2,3)24-14(21)11-12(15(22)25-17(4,5)6)19-13(20)7-9-23-10-8-18/h12H,7-11,18H2,1-6H3,(H,19,20). The molecule has 146 valence electrons. The van der Waals surface area contributed by atoms with Crippen molar-refractivity contribution in [3.63, 3.8) is 0 Å². The van der Waals surface area contributed by atoms with Gasteiger partial charge in [-0.1, -0.05) is 0 Å². The Morgan fingerprint density at radius 3 is 2.00 bits per heavy atom. The number of hydrogen-bond donors (Lipinski definition) is 2. The third-order valence-corrected chi connectivity index (χ3v) is 2.55. The Bertz CT molecular complexity index is 451. The molecule has 0 bridgehead atoms. The Kier molecular flexibility index (Phi) is 9.66. The van der Waals surface area contributed by atoms with Crippen LogP contribution >= 0.6 is 0 Å². The molecule has 0 aliphatic carbocycles. The predicted molar refractivity (Wildman–Crippen MR) is 92.7 cm³/mol. The van der Waals surface area contributed by atoms with Crippen LogP contribution in [0.2, 0.25) is 0 Å². The molecule has 0 aromatic heterocycles. The average molecular weight is 360 g/mol. The summed E-state index contributed by atoms with van der Waals surface area (Å²) >= 11 is 0. The maximum atomic E-state index is 12.3. The predicted octanol–water partition coefficient (Wildman–Crippen LogP) is 0.910. The maximum absolute atomic E-state index is 12.3. The van der Waals surface area contributed by atoms with Crippen LogP contribution < -0.4 is 11.1 Å². The van der Waals surface area contributed by atoms with Crippen molar-refractivity contribution in [3.05, 3.63) is 0 Å². The number of nitrogens with two attached hydrogens (primary N) is 1. The van der Waals surface area contributed by atoms with Gasteiger partial charge >= 0.3 is 11.9 Å². The summed E-state index contributed by atoms with van der Waals surface area (Å²) in [6, 6.07) is -1.11. The Hall–Kier alpha value is -1.67. The highest BCUT2D eigenvalue weighted by Crippen LogP contribution is 2.13. The second kappa shape index (κ2) is 10.4. The minimum Gasteiger partial charge on any atom is -0.460 e. The molecule has 0 aliphatic heterocycles. The lowest BCUT2D eigenvalue weighted by Crippen LogP contribution is -2.46. The van der Waals surface area contributed by atoms with Crippen molar-refractivity contribution in [2.24, 2.45) is 5.73 Å². The third kappa shape index (κ3) is 13.3. The number of ether oxygens (including phenoxy) is 3. The molecule has 0 aliphatic rings. The molecular formula is C17H32N2O6. The Balaban J connectivity index is 4.80. The van der Waals surface area contributed by atoms with Crippen LogP contribution in [0, 0.1) is 0 Å². The number of amides is 1. The van der Waals surface area contributed by atoms with Crippen LogP contribution in [-0.2, 0) is 28.6 Å². The Labute approximate surface area is 149 Å². The van der Waals surface area contributed by atoms with Crippen LogP contribution in [0.4, 0.5) is 0 Å². The zero-order chi connectivity index (χ0) is 19.7. The molecular weight excluding hydrogens is 328 g/mol. The zero-order valence-electron chi connectivity index (χ0n) is 16.1. The number of nitrogens with one attached hydrogen (secondary N) is 1. The molecule has 1 atom stereocenters. The van der Waals surface area contributed by atoms with Gasteiger partial charge in [-0.25, -0.2) is 4.79 Å². The molecule has 0 heterocycles. The molecule has 8 nitrogen and oxygen atoms in total. The van der Waals surface area contributed by atoms with Gasteiger partial charge in [0.1, 0.15) is 17.2 Å². The number of carbonyl (C=O) groups excluding carboxylic acids is 3. The van der Waals surface area contributed by atoms with Crippen molar-refractivity contribution in [3.8, 4) is 0 Å². The fraction of sp³-hybridized carbons (Fsp3) is 0.824. The SMILES string of the molecule is CC(C)(C)OC(=O)CC(NC(=O)CCOCCN)C(=O)OC(C)(C)C. The van der Waals surface area contributed by atoms with E-state index >= 15 is 0 Å². The van der Waals surface area contributed by atoms with Gasteiger partial charge in [-0.05, 0) is 41.5 Å². The van der Waals surface area contributed by atoms with Gasteiger partial charge in [-0.3, -0.25) is 9.59 Å². The van der Waals surface area contributed by atoms with Crippen molar-refractivity contribution in [2.45, 2.75) is 71.6 Å². The normalized spacial score (nSPS) is 13.1. The van der Waals surface area contributed by atoms with E-state index in [9.17, 15) is 14.4 Å². The van der Waals surface area contributed by atoms with Gasteiger partial charge < -0.3 is 25.3 Å². The fourth-order valence-corrected chi connectivity index (χ4v) is 1.73. The third-order valence-electron chi connectivity index (χ3n) is 2.55. The van der Waals surface area contributed by atoms with E-state index in [1.807, 2.05) is 0 Å². The smallest absolute Gasteiger partial charge is 0.329 e. The minimum atomic E-state index is -1.11. The number of hydrogen-bond acceptors (Lipinski definition) is 7. The first kappa shape index (κ1) is 23.3. The second-order valence-electron chi connectivity index (χ2n) is 7.60. The van der Waals surface area contributed by atoms with Gasteiger partial charge in [0, 0.05) is 13.0 Å². The van der Waals surface area contributed by atoms with Crippen molar-refractivity contribution in [1.82, 2.24) is 5.32 Å². The van der Waals surface area contributed by atoms with Gasteiger partial charge in [0.2, 0.25) is 5.91 Å². The largest absolute Gasteiger partial charge is 0.460 e. The zero-order valence-corrected chi connectivity index (χ0v) is 16.1. The van der Waals surface area contributed by atoms with Gasteiger partial charge in [0.05, 0.1) is 19.6 Å². The summed E-state index contributed by atoms with van der Waals surface area (Å²) in [5, 5.41) is 2.51. The summed E-state index contributed by atoms with van der Waals surface area (Å²) in [4.78, 5) is 36.3. The maximum Gasteiger partial charge on any atom is 0.329 e. The number of esters is 2. The molecule has 0 rings (SSSR count). The summed E-state index contributed by atoms with van der Waals surface area (Å²) < 4.78 is 15.6. The highest BCUT2D eigenvalue weighted by Gasteiger charge is 2.30. The Morgan fingerprint density at radius 1 is 0.960 bits per heavy atom. The fourth-order valence-electron chi connectivity index (χ4n) is 1.73. The van der Waals surface area contributed by atoms with Gasteiger partial charge in [0.15, 0.2) is 0 Å². The number of carbonyl (C=O) groups is 3. The lowest BCUT2D eigenvalue weighted by molar-refractivity contribution is -0.165. The van der Waals surface area contributed by atoms with E-state index in [-0.39, 0.29) is 19.4 Å². The molecule has 0 fully saturated rings.